The van der Waals surface area contributed by atoms with Gasteiger partial charge >= 0.3 is 0 Å². The molecule has 3 aromatic rings. The summed E-state index contributed by atoms with van der Waals surface area (Å²) in [6, 6.07) is 21.3. The highest BCUT2D eigenvalue weighted by Gasteiger charge is 2.11. The van der Waals surface area contributed by atoms with E-state index in [1.165, 1.54) is 0 Å². The van der Waals surface area contributed by atoms with E-state index in [0.29, 0.717) is 17.9 Å². The van der Waals surface area contributed by atoms with Gasteiger partial charge in [0, 0.05) is 11.4 Å². The Kier molecular flexibility index (Phi) is 5.17. The van der Waals surface area contributed by atoms with Crippen LogP contribution in [0.3, 0.4) is 0 Å². The molecule has 2 aromatic carbocycles. The summed E-state index contributed by atoms with van der Waals surface area (Å²) in [6.45, 7) is 0.525. The van der Waals surface area contributed by atoms with Crippen molar-refractivity contribution in [1.82, 2.24) is 5.32 Å². The number of carbonyl (C=O) groups excluding carboxylic acids is 1. The molecule has 3 nitrogen and oxygen atoms in total. The van der Waals surface area contributed by atoms with Crippen LogP contribution < -0.4 is 5.32 Å². The van der Waals surface area contributed by atoms with E-state index >= 15 is 0 Å². The molecule has 0 saturated heterocycles. The minimum Gasteiger partial charge on any atom is -0.468 e. The average Bonchev–Trinajstić information content (AvgIpc) is 3.12. The topological polar surface area (TPSA) is 42.2 Å². The molecule has 1 heterocycles. The predicted octanol–water partition coefficient (Wildman–Crippen LogP) is 4.50. The van der Waals surface area contributed by atoms with Crippen molar-refractivity contribution < 1.29 is 9.21 Å². The number of amides is 1. The molecule has 3 rings (SSSR count). The van der Waals surface area contributed by atoms with Crippen molar-refractivity contribution in [3.05, 3.63) is 89.9 Å². The second-order valence-electron chi connectivity index (χ2n) is 5.03. The summed E-state index contributed by atoms with van der Waals surface area (Å²) in [5, 5.41) is 2.97. The molecule has 0 bridgehead atoms. The number of thioether (sulfide) groups is 1. The molecular formula is C19H17NO2S. The summed E-state index contributed by atoms with van der Waals surface area (Å²) in [4.78, 5) is 13.4. The molecule has 0 aliphatic heterocycles. The molecule has 1 amide bonds. The molecule has 0 saturated carbocycles. The van der Waals surface area contributed by atoms with Crippen LogP contribution in [0.5, 0.6) is 0 Å². The van der Waals surface area contributed by atoms with E-state index in [9.17, 15) is 4.79 Å². The van der Waals surface area contributed by atoms with Crippen LogP contribution in [0.2, 0.25) is 0 Å². The number of carbonyl (C=O) groups is 1. The Morgan fingerprint density at radius 3 is 2.52 bits per heavy atom. The van der Waals surface area contributed by atoms with Crippen LogP contribution in [0.4, 0.5) is 0 Å². The van der Waals surface area contributed by atoms with E-state index in [4.69, 9.17) is 4.42 Å². The summed E-state index contributed by atoms with van der Waals surface area (Å²) in [5.41, 5.74) is 1.78. The Labute approximate surface area is 139 Å². The lowest BCUT2D eigenvalue weighted by molar-refractivity contribution is 0.0948. The molecular weight excluding hydrogens is 306 g/mol. The summed E-state index contributed by atoms with van der Waals surface area (Å²) in [7, 11) is 0. The third-order valence-corrected chi connectivity index (χ3v) is 4.47. The van der Waals surface area contributed by atoms with E-state index in [-0.39, 0.29) is 5.91 Å². The second kappa shape index (κ2) is 7.70. The summed E-state index contributed by atoms with van der Waals surface area (Å²) < 4.78 is 5.34. The lowest BCUT2D eigenvalue weighted by atomic mass is 10.2. The fraction of sp³-hybridized carbons (Fsp3) is 0.105. The van der Waals surface area contributed by atoms with Gasteiger partial charge in [0.1, 0.15) is 5.76 Å². The van der Waals surface area contributed by atoms with Gasteiger partial charge in [-0.15, -0.1) is 11.8 Å². The van der Waals surface area contributed by atoms with Gasteiger partial charge in [-0.25, -0.2) is 0 Å². The number of nitrogens with one attached hydrogen (secondary N) is 1. The van der Waals surface area contributed by atoms with Crippen molar-refractivity contribution in [1.29, 1.82) is 0 Å². The van der Waals surface area contributed by atoms with Crippen LogP contribution in [0.1, 0.15) is 21.7 Å². The van der Waals surface area contributed by atoms with Crippen molar-refractivity contribution in [2.24, 2.45) is 0 Å². The smallest absolute Gasteiger partial charge is 0.252 e. The quantitative estimate of drug-likeness (QED) is 0.679. The maximum absolute atomic E-state index is 12.5. The van der Waals surface area contributed by atoms with Crippen molar-refractivity contribution in [2.75, 3.05) is 0 Å². The molecule has 1 aromatic heterocycles. The van der Waals surface area contributed by atoms with Gasteiger partial charge in [0.2, 0.25) is 0 Å². The normalized spacial score (nSPS) is 10.4. The third-order valence-electron chi connectivity index (χ3n) is 3.38. The highest BCUT2D eigenvalue weighted by Crippen LogP contribution is 2.26. The fourth-order valence-corrected chi connectivity index (χ4v) is 3.15. The summed E-state index contributed by atoms with van der Waals surface area (Å²) in [5.74, 6) is 1.54. The van der Waals surface area contributed by atoms with Crippen LogP contribution in [-0.2, 0) is 12.3 Å². The number of benzene rings is 2. The lowest BCUT2D eigenvalue weighted by Gasteiger charge is -2.09. The van der Waals surface area contributed by atoms with Crippen LogP contribution in [-0.4, -0.2) is 5.91 Å². The van der Waals surface area contributed by atoms with Gasteiger partial charge in [0.05, 0.1) is 17.6 Å². The predicted molar refractivity (Wildman–Crippen MR) is 92.3 cm³/mol. The molecule has 0 atom stereocenters. The van der Waals surface area contributed by atoms with E-state index in [0.717, 1.165) is 16.2 Å². The first-order valence-electron chi connectivity index (χ1n) is 7.39. The number of hydrogen-bond donors (Lipinski definition) is 1. The highest BCUT2D eigenvalue weighted by molar-refractivity contribution is 7.98. The zero-order chi connectivity index (χ0) is 15.9. The second-order valence-corrected chi connectivity index (χ2v) is 6.05. The zero-order valence-electron chi connectivity index (χ0n) is 12.6. The molecule has 0 spiro atoms. The van der Waals surface area contributed by atoms with Crippen LogP contribution >= 0.6 is 11.8 Å². The van der Waals surface area contributed by atoms with Crippen molar-refractivity contribution in [3.63, 3.8) is 0 Å². The van der Waals surface area contributed by atoms with Gasteiger partial charge in [0.25, 0.3) is 5.91 Å². The Morgan fingerprint density at radius 1 is 0.957 bits per heavy atom. The van der Waals surface area contributed by atoms with Crippen LogP contribution in [0.15, 0.2) is 82.3 Å². The van der Waals surface area contributed by atoms with Gasteiger partial charge in [-0.2, -0.15) is 0 Å². The third kappa shape index (κ3) is 4.27. The van der Waals surface area contributed by atoms with E-state index in [1.54, 1.807) is 18.0 Å². The van der Waals surface area contributed by atoms with Crippen LogP contribution in [0.25, 0.3) is 0 Å². The maximum Gasteiger partial charge on any atom is 0.252 e. The minimum absolute atomic E-state index is 0.0589. The first kappa shape index (κ1) is 15.4. The van der Waals surface area contributed by atoms with E-state index in [1.807, 2.05) is 66.7 Å². The van der Waals surface area contributed by atoms with Gasteiger partial charge in [0.15, 0.2) is 0 Å². The standard InChI is InChI=1S/C19H17NO2S/c21-19(20-13-15-7-2-1-3-8-15)17-10-4-5-11-18(17)23-14-16-9-6-12-22-16/h1-12H,13-14H2,(H,20,21). The fourth-order valence-electron chi connectivity index (χ4n) is 2.20. The Bertz CT molecular complexity index is 754. The first-order chi connectivity index (χ1) is 11.3. The van der Waals surface area contributed by atoms with Crippen molar-refractivity contribution in [3.8, 4) is 0 Å². The van der Waals surface area contributed by atoms with E-state index < -0.39 is 0 Å². The van der Waals surface area contributed by atoms with Gasteiger partial charge in [-0.05, 0) is 29.8 Å². The zero-order valence-corrected chi connectivity index (χ0v) is 13.4. The average molecular weight is 323 g/mol. The Morgan fingerprint density at radius 2 is 1.74 bits per heavy atom. The van der Waals surface area contributed by atoms with Crippen molar-refractivity contribution in [2.45, 2.75) is 17.2 Å². The molecule has 0 aliphatic rings. The molecule has 4 heteroatoms. The lowest BCUT2D eigenvalue weighted by Crippen LogP contribution is -2.23. The molecule has 116 valence electrons. The summed E-state index contributed by atoms with van der Waals surface area (Å²) >= 11 is 1.60. The Balaban J connectivity index is 1.65. The molecule has 23 heavy (non-hydrogen) atoms. The molecule has 0 fully saturated rings. The number of hydrogen-bond acceptors (Lipinski definition) is 3. The maximum atomic E-state index is 12.5. The molecule has 0 radical (unpaired) electrons. The largest absolute Gasteiger partial charge is 0.468 e. The monoisotopic (exact) mass is 323 g/mol. The number of furan rings is 1. The van der Waals surface area contributed by atoms with Gasteiger partial charge < -0.3 is 9.73 Å². The van der Waals surface area contributed by atoms with Gasteiger partial charge in [-0.1, -0.05) is 42.5 Å². The molecule has 0 aliphatic carbocycles. The first-order valence-corrected chi connectivity index (χ1v) is 8.38. The molecule has 0 unspecified atom stereocenters. The minimum atomic E-state index is -0.0589. The van der Waals surface area contributed by atoms with Crippen LogP contribution in [0, 0.1) is 0 Å². The summed E-state index contributed by atoms with van der Waals surface area (Å²) in [6.07, 6.45) is 1.66. The Hall–Kier alpha value is -2.46. The number of rotatable bonds is 6. The van der Waals surface area contributed by atoms with Crippen molar-refractivity contribution >= 4 is 17.7 Å². The SMILES string of the molecule is O=C(NCc1ccccc1)c1ccccc1SCc1ccco1. The highest BCUT2D eigenvalue weighted by atomic mass is 32.2. The molecule has 1 N–H and O–H groups in total. The van der Waals surface area contributed by atoms with Gasteiger partial charge in [-0.3, -0.25) is 4.79 Å². The van der Waals surface area contributed by atoms with E-state index in [2.05, 4.69) is 5.32 Å².